The molecule has 0 aliphatic rings. The number of ether oxygens (including phenoxy) is 2. The highest BCUT2D eigenvalue weighted by atomic mass is 31.2. The molecule has 0 radical (unpaired) electrons. The first kappa shape index (κ1) is 38.5. The molecule has 9 nitrogen and oxygen atoms in total. The fourth-order valence-electron chi connectivity index (χ4n) is 3.10. The summed E-state index contributed by atoms with van der Waals surface area (Å²) in [5, 5.41) is 0. The number of rotatable bonds is 23. The third-order valence-electron chi connectivity index (χ3n) is 4.99. The number of carbonyl (C=O) groups excluding carboxylic acids is 2. The highest BCUT2D eigenvalue weighted by Gasteiger charge is 2.25. The van der Waals surface area contributed by atoms with Crippen LogP contribution in [0.4, 0.5) is 0 Å². The number of phosphoric acid groups is 1. The third-order valence-corrected chi connectivity index (χ3v) is 5.98. The molecule has 3 N–H and O–H groups in total. The second kappa shape index (κ2) is 26.1. The lowest BCUT2D eigenvalue weighted by atomic mass is 10.1. The topological polar surface area (TPSA) is 134 Å². The molecule has 0 rings (SSSR count). The molecule has 0 bridgehead atoms. The Bertz CT molecular complexity index is 548. The standard InChI is InChI=1S/C23H46NO8P.2CH4/c1-3-5-7-9-10-12-14-16-23(26)32-21(20-31-33(27,28)30-18-17-24)19-29-22(25)15-13-11-8-6-4-2;;/h21H,3-20,24H2,1-2H3,(H,27,28);2*1H4/t21-;;/m1../s1. The van der Waals surface area contributed by atoms with Crippen molar-refractivity contribution >= 4 is 19.8 Å². The van der Waals surface area contributed by atoms with E-state index in [1.165, 1.54) is 19.3 Å². The smallest absolute Gasteiger partial charge is 0.462 e. The van der Waals surface area contributed by atoms with Crippen molar-refractivity contribution in [2.75, 3.05) is 26.4 Å². The molecule has 212 valence electrons. The number of unbranched alkanes of at least 4 members (excludes halogenated alkanes) is 10. The molecule has 0 spiro atoms. The molecule has 0 aromatic rings. The highest BCUT2D eigenvalue weighted by molar-refractivity contribution is 7.47. The molecule has 2 atom stereocenters. The molecule has 0 fully saturated rings. The second-order valence-corrected chi connectivity index (χ2v) is 9.67. The van der Waals surface area contributed by atoms with Gasteiger partial charge in [0.15, 0.2) is 6.10 Å². The van der Waals surface area contributed by atoms with Crippen molar-refractivity contribution in [2.24, 2.45) is 5.73 Å². The SMILES string of the molecule is C.C.CCCCCCCCCC(=O)O[C@H](COC(=O)CCCCCCC)COP(=O)(O)OCCN. The van der Waals surface area contributed by atoms with Gasteiger partial charge >= 0.3 is 19.8 Å². The van der Waals surface area contributed by atoms with E-state index in [0.29, 0.717) is 6.42 Å². The van der Waals surface area contributed by atoms with Crippen molar-refractivity contribution in [2.45, 2.75) is 125 Å². The van der Waals surface area contributed by atoms with Gasteiger partial charge in [-0.25, -0.2) is 4.57 Å². The highest BCUT2D eigenvalue weighted by Crippen LogP contribution is 2.43. The van der Waals surface area contributed by atoms with Crippen LogP contribution in [0, 0.1) is 0 Å². The van der Waals surface area contributed by atoms with E-state index < -0.39 is 32.5 Å². The fraction of sp³-hybridized carbons (Fsp3) is 0.920. The molecule has 0 saturated carbocycles. The van der Waals surface area contributed by atoms with Crippen molar-refractivity contribution in [3.05, 3.63) is 0 Å². The predicted molar refractivity (Wildman–Crippen MR) is 141 cm³/mol. The Balaban J connectivity index is -0.00000512. The Labute approximate surface area is 214 Å². The van der Waals surface area contributed by atoms with Gasteiger partial charge in [0.1, 0.15) is 6.61 Å². The summed E-state index contributed by atoms with van der Waals surface area (Å²) in [6.45, 7) is 3.53. The Morgan fingerprint density at radius 1 is 0.771 bits per heavy atom. The van der Waals surface area contributed by atoms with Crippen LogP contribution >= 0.6 is 7.82 Å². The van der Waals surface area contributed by atoms with Gasteiger partial charge in [0.2, 0.25) is 0 Å². The summed E-state index contributed by atoms with van der Waals surface area (Å²) in [6, 6.07) is 0. The fourth-order valence-corrected chi connectivity index (χ4v) is 3.87. The molecule has 0 amide bonds. The summed E-state index contributed by atoms with van der Waals surface area (Å²) in [6.07, 6.45) is 12.0. The lowest BCUT2D eigenvalue weighted by Crippen LogP contribution is -2.29. The van der Waals surface area contributed by atoms with Crippen molar-refractivity contribution in [3.8, 4) is 0 Å². The maximum absolute atomic E-state index is 12.2. The van der Waals surface area contributed by atoms with Gasteiger partial charge in [-0.1, -0.05) is 92.9 Å². The van der Waals surface area contributed by atoms with Crippen molar-refractivity contribution in [1.29, 1.82) is 0 Å². The Morgan fingerprint density at radius 2 is 1.26 bits per heavy atom. The minimum absolute atomic E-state index is 0. The summed E-state index contributed by atoms with van der Waals surface area (Å²) in [5.74, 6) is -0.852. The molecule has 0 heterocycles. The van der Waals surface area contributed by atoms with E-state index in [2.05, 4.69) is 18.4 Å². The number of carbonyl (C=O) groups is 2. The average molecular weight is 528 g/mol. The zero-order chi connectivity index (χ0) is 24.8. The van der Waals surface area contributed by atoms with Gasteiger partial charge in [-0.2, -0.15) is 0 Å². The Kier molecular flexibility index (Phi) is 28.7. The Hall–Kier alpha value is -0.990. The number of esters is 2. The van der Waals surface area contributed by atoms with Crippen LogP contribution < -0.4 is 5.73 Å². The van der Waals surface area contributed by atoms with Crippen molar-refractivity contribution < 1.29 is 37.6 Å². The molecule has 0 aliphatic heterocycles. The molecular weight excluding hydrogens is 473 g/mol. The van der Waals surface area contributed by atoms with Gasteiger partial charge in [0.05, 0.1) is 13.2 Å². The van der Waals surface area contributed by atoms with Gasteiger partial charge in [-0.05, 0) is 12.8 Å². The van der Waals surface area contributed by atoms with E-state index in [-0.39, 0.29) is 47.5 Å². The van der Waals surface area contributed by atoms with Crippen LogP contribution in [0.15, 0.2) is 0 Å². The van der Waals surface area contributed by atoms with E-state index in [9.17, 15) is 19.0 Å². The molecule has 0 aromatic carbocycles. The molecule has 0 saturated heterocycles. The summed E-state index contributed by atoms with van der Waals surface area (Å²) in [7, 11) is -4.33. The van der Waals surface area contributed by atoms with Gasteiger partial charge in [-0.15, -0.1) is 0 Å². The maximum Gasteiger partial charge on any atom is 0.472 e. The van der Waals surface area contributed by atoms with Gasteiger partial charge in [-0.3, -0.25) is 18.6 Å². The molecule has 0 aromatic heterocycles. The molecular formula is C25H54NO8P. The zero-order valence-electron chi connectivity index (χ0n) is 20.6. The summed E-state index contributed by atoms with van der Waals surface area (Å²) < 4.78 is 32.0. The number of hydrogen-bond acceptors (Lipinski definition) is 8. The van der Waals surface area contributed by atoms with E-state index in [1.807, 2.05) is 0 Å². The van der Waals surface area contributed by atoms with Gasteiger partial charge in [0, 0.05) is 19.4 Å². The zero-order valence-corrected chi connectivity index (χ0v) is 21.5. The first-order chi connectivity index (χ1) is 15.8. The summed E-state index contributed by atoms with van der Waals surface area (Å²) in [4.78, 5) is 33.8. The van der Waals surface area contributed by atoms with E-state index >= 15 is 0 Å². The number of hydrogen-bond donors (Lipinski definition) is 2. The molecule has 1 unspecified atom stereocenters. The lowest BCUT2D eigenvalue weighted by molar-refractivity contribution is -0.161. The largest absolute Gasteiger partial charge is 0.472 e. The van der Waals surface area contributed by atoms with Crippen LogP contribution in [-0.4, -0.2) is 49.3 Å². The third kappa shape index (κ3) is 25.9. The van der Waals surface area contributed by atoms with Crippen LogP contribution in [0.2, 0.25) is 0 Å². The van der Waals surface area contributed by atoms with Crippen LogP contribution in [0.5, 0.6) is 0 Å². The Morgan fingerprint density at radius 3 is 1.77 bits per heavy atom. The quantitative estimate of drug-likeness (QED) is 0.0890. The number of nitrogens with two attached hydrogens (primary N) is 1. The molecule has 0 aliphatic carbocycles. The monoisotopic (exact) mass is 527 g/mol. The van der Waals surface area contributed by atoms with E-state index in [4.69, 9.17) is 19.7 Å². The maximum atomic E-state index is 12.2. The first-order valence-electron chi connectivity index (χ1n) is 12.5. The molecule has 35 heavy (non-hydrogen) atoms. The van der Waals surface area contributed by atoms with Gasteiger partial charge in [0.25, 0.3) is 0 Å². The summed E-state index contributed by atoms with van der Waals surface area (Å²) in [5.41, 5.74) is 5.26. The van der Waals surface area contributed by atoms with Crippen molar-refractivity contribution in [1.82, 2.24) is 0 Å². The van der Waals surface area contributed by atoms with E-state index in [0.717, 1.165) is 51.4 Å². The van der Waals surface area contributed by atoms with E-state index in [1.54, 1.807) is 0 Å². The predicted octanol–water partition coefficient (Wildman–Crippen LogP) is 6.31. The minimum atomic E-state index is -4.33. The number of phosphoric ester groups is 1. The van der Waals surface area contributed by atoms with Crippen LogP contribution in [0.3, 0.4) is 0 Å². The lowest BCUT2D eigenvalue weighted by Gasteiger charge is -2.19. The van der Waals surface area contributed by atoms with Crippen molar-refractivity contribution in [3.63, 3.8) is 0 Å². The molecule has 10 heteroatoms. The average Bonchev–Trinajstić information content (AvgIpc) is 2.78. The van der Waals surface area contributed by atoms with Crippen LogP contribution in [0.25, 0.3) is 0 Å². The van der Waals surface area contributed by atoms with Crippen LogP contribution in [0.1, 0.15) is 119 Å². The summed E-state index contributed by atoms with van der Waals surface area (Å²) >= 11 is 0. The second-order valence-electron chi connectivity index (χ2n) is 8.22. The van der Waals surface area contributed by atoms with Gasteiger partial charge < -0.3 is 20.1 Å². The normalized spacial score (nSPS) is 13.1. The first-order valence-corrected chi connectivity index (χ1v) is 14.0. The van der Waals surface area contributed by atoms with Crippen LogP contribution in [-0.2, 0) is 32.7 Å². The minimum Gasteiger partial charge on any atom is -0.462 e.